The molecular formula is C16H28F2N2O3. The summed E-state index contributed by atoms with van der Waals surface area (Å²) in [6.07, 6.45) is -0.166. The van der Waals surface area contributed by atoms with E-state index in [0.29, 0.717) is 19.4 Å². The Balaban J connectivity index is 2.08. The molecule has 1 heterocycles. The fraction of sp³-hybridized carbons (Fsp3) is 0.938. The first kappa shape index (κ1) is 18.4. The van der Waals surface area contributed by atoms with E-state index in [4.69, 9.17) is 10.5 Å². The van der Waals surface area contributed by atoms with Crippen LogP contribution in [0.3, 0.4) is 0 Å². The largest absolute Gasteiger partial charge is 0.444 e. The van der Waals surface area contributed by atoms with Gasteiger partial charge in [0.25, 0.3) is 0 Å². The van der Waals surface area contributed by atoms with Gasteiger partial charge in [-0.3, -0.25) is 0 Å². The molecule has 1 unspecified atom stereocenters. The molecule has 134 valence electrons. The molecule has 23 heavy (non-hydrogen) atoms. The van der Waals surface area contributed by atoms with Crippen molar-refractivity contribution in [3.8, 4) is 0 Å². The summed E-state index contributed by atoms with van der Waals surface area (Å²) in [5.74, 6) is -2.73. The molecule has 1 aliphatic heterocycles. The van der Waals surface area contributed by atoms with Crippen LogP contribution < -0.4 is 5.73 Å². The Morgan fingerprint density at radius 2 is 1.74 bits per heavy atom. The van der Waals surface area contributed by atoms with Crippen molar-refractivity contribution in [2.45, 2.75) is 82.0 Å². The summed E-state index contributed by atoms with van der Waals surface area (Å²) >= 11 is 0. The van der Waals surface area contributed by atoms with Crippen molar-refractivity contribution in [2.75, 3.05) is 13.1 Å². The van der Waals surface area contributed by atoms with E-state index in [1.807, 2.05) is 0 Å². The van der Waals surface area contributed by atoms with E-state index in [2.05, 4.69) is 0 Å². The standard InChI is InChI=1S/C16H28F2N2O3/c1-13(2,3)23-12(21)20-10-4-5-14(19,11-20)15(22)6-8-16(17,18)9-7-15/h22H,4-11,19H2,1-3H3. The van der Waals surface area contributed by atoms with E-state index in [0.717, 1.165) is 0 Å². The lowest BCUT2D eigenvalue weighted by Gasteiger charge is -2.52. The summed E-state index contributed by atoms with van der Waals surface area (Å²) in [5, 5.41) is 10.9. The number of piperidine rings is 1. The highest BCUT2D eigenvalue weighted by Crippen LogP contribution is 2.45. The Labute approximate surface area is 136 Å². The van der Waals surface area contributed by atoms with Gasteiger partial charge in [-0.15, -0.1) is 0 Å². The van der Waals surface area contributed by atoms with Gasteiger partial charge in [-0.05, 0) is 46.5 Å². The van der Waals surface area contributed by atoms with Crippen LogP contribution in [0.4, 0.5) is 13.6 Å². The quantitative estimate of drug-likeness (QED) is 0.773. The first-order valence-corrected chi connectivity index (χ1v) is 8.23. The lowest BCUT2D eigenvalue weighted by Crippen LogP contribution is -2.69. The first-order chi connectivity index (χ1) is 10.4. The van der Waals surface area contributed by atoms with Gasteiger partial charge >= 0.3 is 6.09 Å². The Bertz CT molecular complexity index is 455. The molecule has 1 amide bonds. The SMILES string of the molecule is CC(C)(C)OC(=O)N1CCCC(N)(C2(O)CCC(F)(F)CC2)C1. The zero-order valence-electron chi connectivity index (χ0n) is 14.2. The molecule has 2 aliphatic rings. The normalized spacial score (nSPS) is 30.8. The predicted octanol–water partition coefficient (Wildman–Crippen LogP) is 2.66. The van der Waals surface area contributed by atoms with E-state index >= 15 is 0 Å². The van der Waals surface area contributed by atoms with E-state index < -0.39 is 28.8 Å². The number of halogens is 2. The van der Waals surface area contributed by atoms with Crippen LogP contribution in [-0.4, -0.2) is 51.9 Å². The molecule has 2 fully saturated rings. The molecule has 0 radical (unpaired) electrons. The van der Waals surface area contributed by atoms with Crippen molar-refractivity contribution in [1.29, 1.82) is 0 Å². The third kappa shape index (κ3) is 4.12. The Hall–Kier alpha value is -0.950. The van der Waals surface area contributed by atoms with Crippen molar-refractivity contribution in [2.24, 2.45) is 5.73 Å². The monoisotopic (exact) mass is 334 g/mol. The second-order valence-corrected chi connectivity index (χ2v) is 8.05. The van der Waals surface area contributed by atoms with Crippen LogP contribution in [0.2, 0.25) is 0 Å². The number of hydrogen-bond donors (Lipinski definition) is 2. The van der Waals surface area contributed by atoms with Gasteiger partial charge in [0.15, 0.2) is 0 Å². The summed E-state index contributed by atoms with van der Waals surface area (Å²) in [6.45, 7) is 5.97. The number of ether oxygens (including phenoxy) is 1. The molecule has 7 heteroatoms. The number of rotatable bonds is 1. The first-order valence-electron chi connectivity index (χ1n) is 8.23. The number of hydrogen-bond acceptors (Lipinski definition) is 4. The molecule has 1 aliphatic carbocycles. The molecular weight excluding hydrogens is 306 g/mol. The lowest BCUT2D eigenvalue weighted by atomic mass is 9.67. The van der Waals surface area contributed by atoms with Crippen molar-refractivity contribution >= 4 is 6.09 Å². The number of alkyl halides is 2. The number of carbonyl (C=O) groups is 1. The van der Waals surface area contributed by atoms with Gasteiger partial charge in [0, 0.05) is 25.9 Å². The Morgan fingerprint density at radius 3 is 2.26 bits per heavy atom. The Kier molecular flexibility index (Phi) is 4.67. The topological polar surface area (TPSA) is 75.8 Å². The third-order valence-corrected chi connectivity index (χ3v) is 4.91. The van der Waals surface area contributed by atoms with Gasteiger partial charge in [0.05, 0.1) is 11.1 Å². The summed E-state index contributed by atoms with van der Waals surface area (Å²) in [6, 6.07) is 0. The average Bonchev–Trinajstić information content (AvgIpc) is 2.40. The predicted molar refractivity (Wildman–Crippen MR) is 82.3 cm³/mol. The Morgan fingerprint density at radius 1 is 1.17 bits per heavy atom. The molecule has 0 aromatic rings. The number of amides is 1. The van der Waals surface area contributed by atoms with Gasteiger partial charge in [0.2, 0.25) is 5.92 Å². The molecule has 1 saturated carbocycles. The minimum Gasteiger partial charge on any atom is -0.444 e. The fourth-order valence-electron chi connectivity index (χ4n) is 3.47. The minimum absolute atomic E-state index is 0.0430. The summed E-state index contributed by atoms with van der Waals surface area (Å²) in [7, 11) is 0. The number of aliphatic hydroxyl groups is 1. The van der Waals surface area contributed by atoms with Crippen LogP contribution >= 0.6 is 0 Å². The van der Waals surface area contributed by atoms with Gasteiger partial charge in [-0.25, -0.2) is 13.6 Å². The van der Waals surface area contributed by atoms with Gasteiger partial charge in [-0.1, -0.05) is 0 Å². The molecule has 5 nitrogen and oxygen atoms in total. The summed E-state index contributed by atoms with van der Waals surface area (Å²) in [4.78, 5) is 13.7. The van der Waals surface area contributed by atoms with Crippen molar-refractivity contribution in [3.63, 3.8) is 0 Å². The van der Waals surface area contributed by atoms with E-state index in [-0.39, 0.29) is 32.2 Å². The molecule has 1 atom stereocenters. The van der Waals surface area contributed by atoms with E-state index in [1.165, 1.54) is 4.90 Å². The van der Waals surface area contributed by atoms with E-state index in [1.54, 1.807) is 20.8 Å². The van der Waals surface area contributed by atoms with Crippen LogP contribution in [0.1, 0.15) is 59.3 Å². The molecule has 0 bridgehead atoms. The molecule has 3 N–H and O–H groups in total. The zero-order valence-corrected chi connectivity index (χ0v) is 14.2. The third-order valence-electron chi connectivity index (χ3n) is 4.91. The number of nitrogens with zero attached hydrogens (tertiary/aromatic N) is 1. The maximum absolute atomic E-state index is 13.4. The van der Waals surface area contributed by atoms with Crippen LogP contribution in [0, 0.1) is 0 Å². The van der Waals surface area contributed by atoms with Gasteiger partial charge < -0.3 is 20.5 Å². The zero-order chi connectivity index (χ0) is 17.5. The molecule has 0 spiro atoms. The average molecular weight is 334 g/mol. The minimum atomic E-state index is -2.73. The van der Waals surface area contributed by atoms with Crippen molar-refractivity contribution < 1.29 is 23.4 Å². The number of carbonyl (C=O) groups excluding carboxylic acids is 1. The second-order valence-electron chi connectivity index (χ2n) is 8.05. The second kappa shape index (κ2) is 5.84. The molecule has 1 saturated heterocycles. The van der Waals surface area contributed by atoms with Gasteiger partial charge in [0.1, 0.15) is 5.60 Å². The lowest BCUT2D eigenvalue weighted by molar-refractivity contribution is -0.143. The van der Waals surface area contributed by atoms with Crippen LogP contribution in [0.25, 0.3) is 0 Å². The smallest absolute Gasteiger partial charge is 0.410 e. The molecule has 2 rings (SSSR count). The molecule has 0 aromatic carbocycles. The summed E-state index contributed by atoms with van der Waals surface area (Å²) in [5.41, 5.74) is 3.35. The summed E-state index contributed by atoms with van der Waals surface area (Å²) < 4.78 is 32.1. The van der Waals surface area contributed by atoms with Crippen LogP contribution in [-0.2, 0) is 4.74 Å². The highest BCUT2D eigenvalue weighted by atomic mass is 19.3. The highest BCUT2D eigenvalue weighted by molar-refractivity contribution is 5.68. The van der Waals surface area contributed by atoms with Gasteiger partial charge in [-0.2, -0.15) is 0 Å². The van der Waals surface area contributed by atoms with Crippen molar-refractivity contribution in [1.82, 2.24) is 4.90 Å². The number of likely N-dealkylation sites (tertiary alicyclic amines) is 1. The van der Waals surface area contributed by atoms with E-state index in [9.17, 15) is 18.7 Å². The maximum atomic E-state index is 13.4. The van der Waals surface area contributed by atoms with Crippen molar-refractivity contribution in [3.05, 3.63) is 0 Å². The maximum Gasteiger partial charge on any atom is 0.410 e. The van der Waals surface area contributed by atoms with Crippen LogP contribution in [0.5, 0.6) is 0 Å². The van der Waals surface area contributed by atoms with Crippen LogP contribution in [0.15, 0.2) is 0 Å². The fourth-order valence-corrected chi connectivity index (χ4v) is 3.47. The molecule has 0 aromatic heterocycles. The highest BCUT2D eigenvalue weighted by Gasteiger charge is 2.54. The number of nitrogens with two attached hydrogens (primary N) is 1.